The minimum Gasteiger partial charge on any atom is -0.303 e. The molecule has 0 aromatic heterocycles. The third-order valence-corrected chi connectivity index (χ3v) is 7.96. The lowest BCUT2D eigenvalue weighted by Crippen LogP contribution is -2.58. The maximum Gasteiger partial charge on any atom is 0.240 e. The SMILES string of the molecule is O=S(=O)(NC[C@@H]1C[C@H]2CCN1C[C@@H]2CN1CCCCC1)c1ccccc1. The van der Waals surface area contributed by atoms with Crippen LogP contribution in [0.15, 0.2) is 35.2 Å². The first kappa shape index (κ1) is 18.4. The summed E-state index contributed by atoms with van der Waals surface area (Å²) in [6.07, 6.45) is 6.51. The molecule has 0 saturated carbocycles. The Hall–Kier alpha value is -0.950. The lowest BCUT2D eigenvalue weighted by Gasteiger charge is -2.51. The van der Waals surface area contributed by atoms with E-state index < -0.39 is 10.0 Å². The molecule has 0 spiro atoms. The number of hydrogen-bond donors (Lipinski definition) is 1. The maximum absolute atomic E-state index is 12.5. The second kappa shape index (κ2) is 7.97. The van der Waals surface area contributed by atoms with Crippen molar-refractivity contribution in [3.8, 4) is 0 Å². The molecule has 0 radical (unpaired) electrons. The van der Waals surface area contributed by atoms with Gasteiger partial charge in [0.05, 0.1) is 4.90 Å². The van der Waals surface area contributed by atoms with Crippen molar-refractivity contribution in [1.29, 1.82) is 0 Å². The van der Waals surface area contributed by atoms with Gasteiger partial charge >= 0.3 is 0 Å². The predicted octanol–water partition coefficient (Wildman–Crippen LogP) is 2.16. The molecule has 4 aliphatic heterocycles. The van der Waals surface area contributed by atoms with Crippen molar-refractivity contribution in [2.24, 2.45) is 11.8 Å². The zero-order valence-electron chi connectivity index (χ0n) is 15.5. The zero-order chi connectivity index (χ0) is 18.0. The lowest BCUT2D eigenvalue weighted by molar-refractivity contribution is -0.0122. The maximum atomic E-state index is 12.5. The third-order valence-electron chi connectivity index (χ3n) is 6.52. The van der Waals surface area contributed by atoms with E-state index in [-0.39, 0.29) is 0 Å². The predicted molar refractivity (Wildman–Crippen MR) is 103 cm³/mol. The van der Waals surface area contributed by atoms with Crippen molar-refractivity contribution < 1.29 is 8.42 Å². The third kappa shape index (κ3) is 4.14. The smallest absolute Gasteiger partial charge is 0.240 e. The molecule has 0 amide bonds. The van der Waals surface area contributed by atoms with Crippen molar-refractivity contribution in [2.45, 2.75) is 43.0 Å². The normalized spacial score (nSPS) is 32.6. The molecule has 4 aliphatic rings. The zero-order valence-corrected chi connectivity index (χ0v) is 16.3. The fourth-order valence-corrected chi connectivity index (χ4v) is 6.13. The molecule has 2 bridgehead atoms. The van der Waals surface area contributed by atoms with Crippen LogP contribution in [-0.4, -0.2) is 63.5 Å². The van der Waals surface area contributed by atoms with Crippen LogP contribution in [0.3, 0.4) is 0 Å². The number of likely N-dealkylation sites (tertiary alicyclic amines) is 1. The van der Waals surface area contributed by atoms with E-state index in [1.165, 1.54) is 45.3 Å². The number of rotatable bonds is 6. The molecule has 4 fully saturated rings. The van der Waals surface area contributed by atoms with Crippen molar-refractivity contribution >= 4 is 10.0 Å². The van der Waals surface area contributed by atoms with Crippen LogP contribution in [0.5, 0.6) is 0 Å². The summed E-state index contributed by atoms with van der Waals surface area (Å²) in [7, 11) is -3.40. The van der Waals surface area contributed by atoms with Gasteiger partial charge in [-0.25, -0.2) is 13.1 Å². The van der Waals surface area contributed by atoms with Crippen molar-refractivity contribution in [2.75, 3.05) is 39.3 Å². The Morgan fingerprint density at radius 2 is 1.81 bits per heavy atom. The van der Waals surface area contributed by atoms with Crippen LogP contribution in [0.1, 0.15) is 32.1 Å². The summed E-state index contributed by atoms with van der Waals surface area (Å²) in [5.74, 6) is 1.52. The van der Waals surface area contributed by atoms with Gasteiger partial charge in [-0.3, -0.25) is 4.90 Å². The van der Waals surface area contributed by atoms with Gasteiger partial charge in [-0.15, -0.1) is 0 Å². The number of nitrogens with one attached hydrogen (secondary N) is 1. The summed E-state index contributed by atoms with van der Waals surface area (Å²) in [5, 5.41) is 0. The highest BCUT2D eigenvalue weighted by atomic mass is 32.2. The Labute approximate surface area is 157 Å². The van der Waals surface area contributed by atoms with Crippen LogP contribution in [0.25, 0.3) is 0 Å². The van der Waals surface area contributed by atoms with Crippen LogP contribution < -0.4 is 4.72 Å². The van der Waals surface area contributed by atoms with Gasteiger partial charge in [-0.1, -0.05) is 24.6 Å². The second-order valence-electron chi connectivity index (χ2n) is 8.22. The number of piperidine rings is 4. The van der Waals surface area contributed by atoms with E-state index in [2.05, 4.69) is 14.5 Å². The summed E-state index contributed by atoms with van der Waals surface area (Å²) >= 11 is 0. The fraction of sp³-hybridized carbons (Fsp3) is 0.700. The molecular weight excluding hydrogens is 346 g/mol. The number of sulfonamides is 1. The highest BCUT2D eigenvalue weighted by Gasteiger charge is 2.40. The minimum absolute atomic E-state index is 0.352. The van der Waals surface area contributed by atoms with Gasteiger partial charge in [0.15, 0.2) is 0 Å². The molecule has 26 heavy (non-hydrogen) atoms. The largest absolute Gasteiger partial charge is 0.303 e. The van der Waals surface area contributed by atoms with Gasteiger partial charge in [-0.2, -0.15) is 0 Å². The summed E-state index contributed by atoms with van der Waals surface area (Å²) in [5.41, 5.74) is 0. The first-order valence-electron chi connectivity index (χ1n) is 10.1. The lowest BCUT2D eigenvalue weighted by atomic mass is 9.75. The monoisotopic (exact) mass is 377 g/mol. The molecule has 144 valence electrons. The van der Waals surface area contributed by atoms with E-state index in [0.717, 1.165) is 31.3 Å². The second-order valence-corrected chi connectivity index (χ2v) is 9.99. The van der Waals surface area contributed by atoms with Crippen molar-refractivity contribution in [1.82, 2.24) is 14.5 Å². The molecule has 1 aromatic rings. The van der Waals surface area contributed by atoms with E-state index in [4.69, 9.17) is 0 Å². The molecule has 4 heterocycles. The van der Waals surface area contributed by atoms with Crippen LogP contribution in [0.2, 0.25) is 0 Å². The summed E-state index contributed by atoms with van der Waals surface area (Å²) < 4.78 is 27.8. The van der Waals surface area contributed by atoms with Gasteiger partial charge < -0.3 is 4.90 Å². The first-order chi connectivity index (χ1) is 12.6. The van der Waals surface area contributed by atoms with Gasteiger partial charge in [0.2, 0.25) is 10.0 Å². The van der Waals surface area contributed by atoms with E-state index in [1.807, 2.05) is 6.07 Å². The van der Waals surface area contributed by atoms with Gasteiger partial charge in [0.25, 0.3) is 0 Å². The standard InChI is InChI=1S/C20H31N3O2S/c24-26(25,20-7-3-1-4-8-20)21-14-19-13-17-9-12-23(19)16-18(17)15-22-10-5-2-6-11-22/h1,3-4,7-8,17-19,21H,2,5-6,9-16H2/t17-,18+,19+/m1/s1. The highest BCUT2D eigenvalue weighted by molar-refractivity contribution is 7.89. The average Bonchev–Trinajstić information content (AvgIpc) is 2.69. The fourth-order valence-electron chi connectivity index (χ4n) is 5.03. The van der Waals surface area contributed by atoms with Gasteiger partial charge in [-0.05, 0) is 69.3 Å². The molecule has 1 N–H and O–H groups in total. The number of fused-ring (bicyclic) bond motifs is 3. The summed E-state index contributed by atoms with van der Waals surface area (Å²) in [6.45, 7) is 6.57. The van der Waals surface area contributed by atoms with Crippen LogP contribution in [-0.2, 0) is 10.0 Å². The number of hydrogen-bond acceptors (Lipinski definition) is 4. The minimum atomic E-state index is -3.40. The molecule has 4 atom stereocenters. The molecular formula is C20H31N3O2S. The van der Waals surface area contributed by atoms with E-state index in [9.17, 15) is 8.42 Å². The quantitative estimate of drug-likeness (QED) is 0.825. The van der Waals surface area contributed by atoms with E-state index in [0.29, 0.717) is 17.5 Å². The summed E-state index contributed by atoms with van der Waals surface area (Å²) in [6, 6.07) is 9.05. The number of nitrogens with zero attached hydrogens (tertiary/aromatic N) is 2. The first-order valence-corrected chi connectivity index (χ1v) is 11.6. The van der Waals surface area contributed by atoms with E-state index >= 15 is 0 Å². The molecule has 5 nitrogen and oxygen atoms in total. The molecule has 6 heteroatoms. The Morgan fingerprint density at radius 3 is 2.50 bits per heavy atom. The average molecular weight is 378 g/mol. The van der Waals surface area contributed by atoms with Crippen LogP contribution in [0.4, 0.5) is 0 Å². The van der Waals surface area contributed by atoms with Crippen LogP contribution >= 0.6 is 0 Å². The Bertz CT molecular complexity index is 688. The Balaban J connectivity index is 1.32. The van der Waals surface area contributed by atoms with E-state index in [1.54, 1.807) is 24.3 Å². The van der Waals surface area contributed by atoms with Crippen molar-refractivity contribution in [3.63, 3.8) is 0 Å². The van der Waals surface area contributed by atoms with Gasteiger partial charge in [0.1, 0.15) is 0 Å². The summed E-state index contributed by atoms with van der Waals surface area (Å²) in [4.78, 5) is 5.55. The molecule has 0 aliphatic carbocycles. The molecule has 5 rings (SSSR count). The highest BCUT2D eigenvalue weighted by Crippen LogP contribution is 2.36. The molecule has 1 unspecified atom stereocenters. The van der Waals surface area contributed by atoms with Crippen molar-refractivity contribution in [3.05, 3.63) is 30.3 Å². The Morgan fingerprint density at radius 1 is 1.04 bits per heavy atom. The van der Waals surface area contributed by atoms with Gasteiger partial charge in [0, 0.05) is 25.7 Å². The van der Waals surface area contributed by atoms with Crippen LogP contribution in [0, 0.1) is 11.8 Å². The molecule has 1 aromatic carbocycles. The number of benzene rings is 1. The molecule has 4 saturated heterocycles. The topological polar surface area (TPSA) is 52.7 Å². The Kier molecular flexibility index (Phi) is 5.64.